The average Bonchev–Trinajstić information content (AvgIpc) is 3.86. The van der Waals surface area contributed by atoms with Crippen LogP contribution in [-0.2, 0) is 42.9 Å². The first-order valence-corrected chi connectivity index (χ1v) is 29.1. The maximum Gasteiger partial charge on any atom is 0.395 e. The summed E-state index contributed by atoms with van der Waals surface area (Å²) in [6.45, 7) is 12.7. The number of halogens is 3. The Bertz CT molecular complexity index is 3260. The number of carbonyl (C=O) groups is 3. The molecule has 3 saturated heterocycles. The van der Waals surface area contributed by atoms with Crippen molar-refractivity contribution in [3.8, 4) is 5.75 Å². The Hall–Kier alpha value is -6.32. The van der Waals surface area contributed by atoms with E-state index in [1.165, 1.54) is 36.1 Å². The third kappa shape index (κ3) is 13.0. The number of imidazole rings is 1. The summed E-state index contributed by atoms with van der Waals surface area (Å²) in [4.78, 5) is 58.6. The number of hydrogen-bond acceptors (Lipinski definition) is 11. The maximum absolute atomic E-state index is 14.4. The molecule has 1 aliphatic carbocycles. The Kier molecular flexibility index (Phi) is 17.2. The van der Waals surface area contributed by atoms with Crippen LogP contribution in [0.4, 0.5) is 18.9 Å². The number of anilines is 1. The van der Waals surface area contributed by atoms with E-state index in [1.807, 2.05) is 21.9 Å². The second-order valence-corrected chi connectivity index (χ2v) is 24.8. The second kappa shape index (κ2) is 23.6. The van der Waals surface area contributed by atoms with Crippen molar-refractivity contribution in [2.75, 3.05) is 71.4 Å². The smallest absolute Gasteiger partial charge is 0.395 e. The van der Waals surface area contributed by atoms with Crippen molar-refractivity contribution in [3.63, 3.8) is 0 Å². The zero-order valence-corrected chi connectivity index (χ0v) is 47.1. The minimum Gasteiger partial charge on any atom is -0.497 e. The number of carbonyl (C=O) groups excluding carboxylic acids is 3. The van der Waals surface area contributed by atoms with E-state index < -0.39 is 33.7 Å². The average molecular weight is 1130 g/mol. The Balaban J connectivity index is 0.000000699. The van der Waals surface area contributed by atoms with E-state index in [0.29, 0.717) is 80.5 Å². The second-order valence-electron chi connectivity index (χ2n) is 23.4. The predicted octanol–water partition coefficient (Wildman–Crippen LogP) is 9.10. The number of benzene rings is 4. The molecule has 3 N–H and O–H groups in total. The van der Waals surface area contributed by atoms with E-state index in [4.69, 9.17) is 14.0 Å². The highest BCUT2D eigenvalue weighted by Gasteiger charge is 2.49. The molecule has 0 spiro atoms. The Labute approximate surface area is 466 Å². The van der Waals surface area contributed by atoms with Crippen LogP contribution in [0.2, 0.25) is 0 Å². The molecular formula is C60H74F3N7O9S. The molecule has 0 saturated carbocycles. The molecule has 1 aromatic heterocycles. The third-order valence-electron chi connectivity index (χ3n) is 16.8. The van der Waals surface area contributed by atoms with Crippen LogP contribution in [0.25, 0.3) is 16.6 Å². The van der Waals surface area contributed by atoms with Crippen LogP contribution >= 0.6 is 0 Å². The lowest BCUT2D eigenvalue weighted by Gasteiger charge is -2.46. The van der Waals surface area contributed by atoms with Gasteiger partial charge in [-0.15, -0.1) is 0 Å². The summed E-state index contributed by atoms with van der Waals surface area (Å²) >= 11 is 0. The fraction of sp³-hybridized carbons (Fsp3) is 0.500. The molecule has 10 rings (SSSR count). The van der Waals surface area contributed by atoms with E-state index in [2.05, 4.69) is 71.9 Å². The number of amides is 3. The number of nitrogens with zero attached hydrogens (tertiary/aromatic N) is 5. The number of imide groups is 1. The molecule has 80 heavy (non-hydrogen) atoms. The Morgan fingerprint density at radius 2 is 1.61 bits per heavy atom. The molecule has 5 aliphatic rings. The van der Waals surface area contributed by atoms with Gasteiger partial charge >= 0.3 is 11.9 Å². The van der Waals surface area contributed by atoms with E-state index in [9.17, 15) is 40.8 Å². The first kappa shape index (κ1) is 58.3. The molecule has 0 radical (unpaired) electrons. The molecule has 5 heterocycles. The van der Waals surface area contributed by atoms with Crippen LogP contribution < -0.4 is 21.1 Å². The van der Waals surface area contributed by atoms with Crippen LogP contribution in [0.1, 0.15) is 112 Å². The van der Waals surface area contributed by atoms with Gasteiger partial charge in [0.2, 0.25) is 11.8 Å². The van der Waals surface area contributed by atoms with E-state index in [1.54, 1.807) is 42.0 Å². The van der Waals surface area contributed by atoms with Gasteiger partial charge in [-0.1, -0.05) is 60.7 Å². The summed E-state index contributed by atoms with van der Waals surface area (Å²) in [5.74, 6) is 0.330. The summed E-state index contributed by atoms with van der Waals surface area (Å²) in [7, 11) is -2.36. The summed E-state index contributed by atoms with van der Waals surface area (Å²) in [6.07, 6.45) is 3.59. The lowest BCUT2D eigenvalue weighted by atomic mass is 9.67. The van der Waals surface area contributed by atoms with Crippen molar-refractivity contribution in [2.24, 2.45) is 11.3 Å². The molecule has 4 aromatic carbocycles. The minimum absolute atomic E-state index is 0.0741. The highest BCUT2D eigenvalue weighted by molar-refractivity contribution is 7.85. The summed E-state index contributed by atoms with van der Waals surface area (Å²) in [5, 5.41) is 5.73. The first-order valence-electron chi connectivity index (χ1n) is 27.7. The molecular weight excluding hydrogens is 1050 g/mol. The number of hydrogen-bond donors (Lipinski definition) is 3. The van der Waals surface area contributed by atoms with Crippen LogP contribution in [0, 0.1) is 11.3 Å². The maximum atomic E-state index is 14.4. The lowest BCUT2D eigenvalue weighted by Crippen LogP contribution is -2.50. The number of nitrogens with one attached hydrogen (secondary N) is 2. The fourth-order valence-electron chi connectivity index (χ4n) is 12.4. The van der Waals surface area contributed by atoms with Gasteiger partial charge < -0.3 is 19.7 Å². The lowest BCUT2D eigenvalue weighted by molar-refractivity contribution is -0.217. The topological polar surface area (TPSA) is 185 Å². The summed E-state index contributed by atoms with van der Waals surface area (Å²) in [6, 6.07) is 26.7. The van der Waals surface area contributed by atoms with Gasteiger partial charge in [0.1, 0.15) is 11.8 Å². The normalized spacial score (nSPS) is 21.8. The third-order valence-corrected chi connectivity index (χ3v) is 17.7. The molecule has 0 bridgehead atoms. The molecule has 5 aromatic rings. The van der Waals surface area contributed by atoms with Gasteiger partial charge in [-0.2, -0.15) is 21.6 Å². The molecule has 3 fully saturated rings. The zero-order chi connectivity index (χ0) is 57.2. The number of allylic oxidation sites excluding steroid dienone is 2. The van der Waals surface area contributed by atoms with E-state index in [0.717, 1.165) is 74.2 Å². The van der Waals surface area contributed by atoms with Gasteiger partial charge in [-0.25, -0.2) is 4.79 Å². The van der Waals surface area contributed by atoms with Gasteiger partial charge in [0.25, 0.3) is 16.0 Å². The van der Waals surface area contributed by atoms with Crippen molar-refractivity contribution >= 4 is 50.1 Å². The van der Waals surface area contributed by atoms with Crippen LogP contribution in [0.5, 0.6) is 5.75 Å². The Morgan fingerprint density at radius 3 is 2.23 bits per heavy atom. The molecule has 3 atom stereocenters. The largest absolute Gasteiger partial charge is 0.497 e. The fourth-order valence-corrected chi connectivity index (χ4v) is 12.9. The molecule has 4 aliphatic heterocycles. The number of rotatable bonds is 15. The molecule has 0 unspecified atom stereocenters. The van der Waals surface area contributed by atoms with Crippen molar-refractivity contribution in [1.82, 2.24) is 29.2 Å². The van der Waals surface area contributed by atoms with E-state index >= 15 is 0 Å². The monoisotopic (exact) mass is 1130 g/mol. The molecule has 3 amide bonds. The van der Waals surface area contributed by atoms with Crippen molar-refractivity contribution in [2.45, 2.75) is 120 Å². The number of ether oxygens (including phenoxy) is 2. The van der Waals surface area contributed by atoms with Crippen molar-refractivity contribution < 1.29 is 50.0 Å². The number of piperidine rings is 1. The van der Waals surface area contributed by atoms with Gasteiger partial charge in [-0.3, -0.25) is 43.2 Å². The number of piperazine rings is 1. The first-order chi connectivity index (χ1) is 37.9. The van der Waals surface area contributed by atoms with Crippen molar-refractivity contribution in [1.29, 1.82) is 0 Å². The Morgan fingerprint density at radius 1 is 0.900 bits per heavy atom. The summed E-state index contributed by atoms with van der Waals surface area (Å²) in [5.41, 5.74) is 4.06. The molecule has 20 heteroatoms. The highest BCUT2D eigenvalue weighted by Crippen LogP contribution is 2.46. The number of aromatic nitrogens is 2. The molecule has 16 nitrogen and oxygen atoms in total. The van der Waals surface area contributed by atoms with Crippen molar-refractivity contribution in [3.05, 3.63) is 130 Å². The minimum atomic E-state index is -4.35. The van der Waals surface area contributed by atoms with E-state index in [-0.39, 0.29) is 52.8 Å². The standard InChI is InChI=1S/C54H68F3N7O6.C6H6O3S/c1-51(2,54(55,56)57)35-61(25-22-53(23-31-70-52(3,4)34-53)40-14-16-41(69-5)17-15-40)33-37-8-12-39(13-9-37)38-10-6-36(7-11-38)32-60-27-29-62(30-28-60)49(67)42-18-19-43-47-46(42)58-24-26-63(47)50(68)64(43)44-20-21-45(65)59-48(44)66;7-10(8,9)6-4-2-1-3-5-6/h8-10,12-19,36,44,58H,6-7,11,20-35H2,1-5H3,(H,59,65,66);1-5H,(H,7,8,9)/t36-,44+,53+;/m0./s1. The van der Waals surface area contributed by atoms with Crippen LogP contribution in [0.15, 0.2) is 107 Å². The highest BCUT2D eigenvalue weighted by atomic mass is 32.2. The van der Waals surface area contributed by atoms with Gasteiger partial charge in [0, 0.05) is 77.3 Å². The SMILES string of the molecule is COc1ccc([C@]2(CCN(Cc3ccc(C4=CC[C@H](CN5CCN(C(=O)c6ccc7c8c6NCCn8c(=O)n7[C@@H]6CCC(=O)NC6=O)CC5)CC4)cc3)CC(C)(C)C(F)(F)F)CCOC(C)(C)C2)cc1.O=S(=O)(O)c1ccccc1. The zero-order valence-electron chi connectivity index (χ0n) is 46.3. The number of alkyl halides is 3. The van der Waals surface area contributed by atoms with Crippen LogP contribution in [-0.4, -0.2) is 132 Å². The summed E-state index contributed by atoms with van der Waals surface area (Å²) < 4.78 is 87.1. The van der Waals surface area contributed by atoms with Gasteiger partial charge in [0.15, 0.2) is 0 Å². The molecule has 430 valence electrons. The van der Waals surface area contributed by atoms with Gasteiger partial charge in [0.05, 0.1) is 45.3 Å². The van der Waals surface area contributed by atoms with Crippen LogP contribution in [0.3, 0.4) is 0 Å². The predicted molar refractivity (Wildman–Crippen MR) is 300 cm³/mol. The number of methoxy groups -OCH3 is 1. The quantitative estimate of drug-likeness (QED) is 0.0669. The van der Waals surface area contributed by atoms with Gasteiger partial charge in [-0.05, 0) is 144 Å².